The zero-order valence-corrected chi connectivity index (χ0v) is 14.9. The quantitative estimate of drug-likeness (QED) is 0.850. The van der Waals surface area contributed by atoms with Crippen LogP contribution in [0, 0.1) is 5.92 Å². The van der Waals surface area contributed by atoms with Gasteiger partial charge in [0.25, 0.3) is 5.91 Å². The summed E-state index contributed by atoms with van der Waals surface area (Å²) in [4.78, 5) is 34.7. The Morgan fingerprint density at radius 3 is 2.73 bits per heavy atom. The van der Waals surface area contributed by atoms with E-state index in [0.717, 1.165) is 25.9 Å². The number of anilines is 2. The Kier molecular flexibility index (Phi) is 5.46. The van der Waals surface area contributed by atoms with Crippen LogP contribution in [0.15, 0.2) is 36.7 Å². The SMILES string of the molecule is COC(=O)c1ccccc1Nc1cnc(C(=O)N2CCCC(C)C2)cn1. The number of esters is 1. The number of benzene rings is 1. The van der Waals surface area contributed by atoms with Gasteiger partial charge in [-0.1, -0.05) is 19.1 Å². The number of methoxy groups -OCH3 is 1. The third-order valence-corrected chi connectivity index (χ3v) is 4.41. The van der Waals surface area contributed by atoms with Crippen molar-refractivity contribution >= 4 is 23.4 Å². The third-order valence-electron chi connectivity index (χ3n) is 4.41. The van der Waals surface area contributed by atoms with E-state index in [0.29, 0.717) is 28.7 Å². The average Bonchev–Trinajstić information content (AvgIpc) is 2.68. The van der Waals surface area contributed by atoms with E-state index in [1.54, 1.807) is 24.3 Å². The predicted molar refractivity (Wildman–Crippen MR) is 97.4 cm³/mol. The number of carbonyl (C=O) groups excluding carboxylic acids is 2. The second kappa shape index (κ2) is 7.95. The normalized spacial score (nSPS) is 16.8. The molecular formula is C19H22N4O3. The van der Waals surface area contributed by atoms with E-state index in [4.69, 9.17) is 4.74 Å². The van der Waals surface area contributed by atoms with Gasteiger partial charge >= 0.3 is 5.97 Å². The molecule has 0 aliphatic carbocycles. The van der Waals surface area contributed by atoms with Crippen molar-refractivity contribution in [3.63, 3.8) is 0 Å². The molecule has 1 aliphatic rings. The maximum absolute atomic E-state index is 12.5. The van der Waals surface area contributed by atoms with Crippen molar-refractivity contribution in [3.8, 4) is 0 Å². The summed E-state index contributed by atoms with van der Waals surface area (Å²) in [6.07, 6.45) is 5.13. The molecule has 1 unspecified atom stereocenters. The third kappa shape index (κ3) is 3.99. The number of rotatable bonds is 4. The highest BCUT2D eigenvalue weighted by atomic mass is 16.5. The Hall–Kier alpha value is -2.96. The predicted octanol–water partition coefficient (Wildman–Crippen LogP) is 2.88. The molecule has 2 heterocycles. The zero-order chi connectivity index (χ0) is 18.5. The van der Waals surface area contributed by atoms with E-state index in [1.807, 2.05) is 4.90 Å². The van der Waals surface area contributed by atoms with E-state index in [1.165, 1.54) is 19.5 Å². The van der Waals surface area contributed by atoms with E-state index in [-0.39, 0.29) is 5.91 Å². The minimum absolute atomic E-state index is 0.0921. The number of likely N-dealkylation sites (tertiary alicyclic amines) is 1. The molecule has 26 heavy (non-hydrogen) atoms. The molecule has 1 aromatic heterocycles. The lowest BCUT2D eigenvalue weighted by atomic mass is 10.0. The summed E-state index contributed by atoms with van der Waals surface area (Å²) in [5, 5.41) is 3.04. The molecule has 0 spiro atoms. The van der Waals surface area contributed by atoms with Crippen molar-refractivity contribution in [2.75, 3.05) is 25.5 Å². The van der Waals surface area contributed by atoms with Crippen molar-refractivity contribution in [2.24, 2.45) is 5.92 Å². The first-order chi connectivity index (χ1) is 12.6. The fourth-order valence-electron chi connectivity index (χ4n) is 3.06. The number of ether oxygens (including phenoxy) is 1. The summed E-state index contributed by atoms with van der Waals surface area (Å²) in [5.74, 6) is 0.430. The molecule has 7 heteroatoms. The Morgan fingerprint density at radius 2 is 2.04 bits per heavy atom. The van der Waals surface area contributed by atoms with Crippen LogP contribution in [0.4, 0.5) is 11.5 Å². The van der Waals surface area contributed by atoms with Crippen molar-refractivity contribution in [1.29, 1.82) is 0 Å². The molecule has 0 saturated carbocycles. The van der Waals surface area contributed by atoms with Gasteiger partial charge in [0, 0.05) is 13.1 Å². The average molecular weight is 354 g/mol. The molecule has 136 valence electrons. The molecule has 7 nitrogen and oxygen atoms in total. The Balaban J connectivity index is 1.72. The number of carbonyl (C=O) groups is 2. The monoisotopic (exact) mass is 354 g/mol. The van der Waals surface area contributed by atoms with Gasteiger partial charge in [-0.05, 0) is 30.9 Å². The maximum atomic E-state index is 12.5. The largest absolute Gasteiger partial charge is 0.465 e. The number of hydrogen-bond acceptors (Lipinski definition) is 6. The van der Waals surface area contributed by atoms with E-state index in [2.05, 4.69) is 22.2 Å². The molecule has 1 aliphatic heterocycles. The number of aromatic nitrogens is 2. The van der Waals surface area contributed by atoms with Crippen LogP contribution in [0.2, 0.25) is 0 Å². The van der Waals surface area contributed by atoms with Crippen molar-refractivity contribution < 1.29 is 14.3 Å². The summed E-state index contributed by atoms with van der Waals surface area (Å²) in [6.45, 7) is 3.67. The van der Waals surface area contributed by atoms with Crippen LogP contribution in [0.3, 0.4) is 0 Å². The second-order valence-electron chi connectivity index (χ2n) is 6.45. The minimum atomic E-state index is -0.438. The highest BCUT2D eigenvalue weighted by Gasteiger charge is 2.23. The van der Waals surface area contributed by atoms with Crippen LogP contribution >= 0.6 is 0 Å². The molecule has 0 bridgehead atoms. The summed E-state index contributed by atoms with van der Waals surface area (Å²) in [5.41, 5.74) is 1.29. The topological polar surface area (TPSA) is 84.4 Å². The van der Waals surface area contributed by atoms with E-state index < -0.39 is 5.97 Å². The first kappa shape index (κ1) is 17.8. The summed E-state index contributed by atoms with van der Waals surface area (Å²) in [6, 6.07) is 6.97. The van der Waals surface area contributed by atoms with Crippen molar-refractivity contribution in [2.45, 2.75) is 19.8 Å². The molecule has 1 fully saturated rings. The highest BCUT2D eigenvalue weighted by molar-refractivity contribution is 5.96. The number of hydrogen-bond donors (Lipinski definition) is 1. The second-order valence-corrected chi connectivity index (χ2v) is 6.45. The molecule has 1 aromatic carbocycles. The summed E-state index contributed by atoms with van der Waals surface area (Å²) >= 11 is 0. The molecule has 1 saturated heterocycles. The number of piperidine rings is 1. The van der Waals surface area contributed by atoms with Crippen LogP contribution in [0.25, 0.3) is 0 Å². The smallest absolute Gasteiger partial charge is 0.339 e. The van der Waals surface area contributed by atoms with Gasteiger partial charge < -0.3 is 15.0 Å². The first-order valence-electron chi connectivity index (χ1n) is 8.64. The number of nitrogens with one attached hydrogen (secondary N) is 1. The molecule has 0 radical (unpaired) electrons. The summed E-state index contributed by atoms with van der Waals surface area (Å²) < 4.78 is 4.78. The lowest BCUT2D eigenvalue weighted by Gasteiger charge is -2.30. The zero-order valence-electron chi connectivity index (χ0n) is 14.9. The summed E-state index contributed by atoms with van der Waals surface area (Å²) in [7, 11) is 1.33. The Labute approximate surface area is 152 Å². The molecule has 1 amide bonds. The molecule has 1 atom stereocenters. The van der Waals surface area contributed by atoms with Gasteiger partial charge in [-0.25, -0.2) is 14.8 Å². The van der Waals surface area contributed by atoms with Gasteiger partial charge in [-0.2, -0.15) is 0 Å². The van der Waals surface area contributed by atoms with Gasteiger partial charge in [0.15, 0.2) is 0 Å². The Morgan fingerprint density at radius 1 is 1.23 bits per heavy atom. The number of amides is 1. The molecule has 1 N–H and O–H groups in total. The minimum Gasteiger partial charge on any atom is -0.465 e. The lowest BCUT2D eigenvalue weighted by Crippen LogP contribution is -2.39. The highest BCUT2D eigenvalue weighted by Crippen LogP contribution is 2.21. The standard InChI is InChI=1S/C19H22N4O3/c1-13-6-5-9-23(12-13)18(24)16-10-21-17(11-20-16)22-15-8-4-3-7-14(15)19(25)26-2/h3-4,7-8,10-11,13H,5-6,9,12H2,1-2H3,(H,21,22). The van der Waals surface area contributed by atoms with Gasteiger partial charge in [0.2, 0.25) is 0 Å². The van der Waals surface area contributed by atoms with Crippen LogP contribution in [0.5, 0.6) is 0 Å². The van der Waals surface area contributed by atoms with E-state index >= 15 is 0 Å². The lowest BCUT2D eigenvalue weighted by molar-refractivity contribution is 0.0601. The number of nitrogens with zero attached hydrogens (tertiary/aromatic N) is 3. The Bertz CT molecular complexity index is 792. The van der Waals surface area contributed by atoms with Crippen LogP contribution in [0.1, 0.15) is 40.6 Å². The van der Waals surface area contributed by atoms with Crippen molar-refractivity contribution in [1.82, 2.24) is 14.9 Å². The van der Waals surface area contributed by atoms with Crippen molar-refractivity contribution in [3.05, 3.63) is 47.9 Å². The van der Waals surface area contributed by atoms with Gasteiger partial charge in [-0.3, -0.25) is 4.79 Å². The maximum Gasteiger partial charge on any atom is 0.339 e. The number of para-hydroxylation sites is 1. The van der Waals surface area contributed by atoms with E-state index in [9.17, 15) is 9.59 Å². The fourth-order valence-corrected chi connectivity index (χ4v) is 3.06. The van der Waals surface area contributed by atoms with Gasteiger partial charge in [0.05, 0.1) is 30.8 Å². The molecule has 3 rings (SSSR count). The van der Waals surface area contributed by atoms with Crippen LogP contribution in [-0.4, -0.2) is 46.9 Å². The first-order valence-corrected chi connectivity index (χ1v) is 8.64. The van der Waals surface area contributed by atoms with Crippen LogP contribution in [-0.2, 0) is 4.74 Å². The molecule has 2 aromatic rings. The van der Waals surface area contributed by atoms with Gasteiger partial charge in [-0.15, -0.1) is 0 Å². The van der Waals surface area contributed by atoms with Gasteiger partial charge in [0.1, 0.15) is 11.5 Å². The van der Waals surface area contributed by atoms with Crippen LogP contribution < -0.4 is 5.32 Å². The fraction of sp³-hybridized carbons (Fsp3) is 0.368. The molecular weight excluding hydrogens is 332 g/mol.